The zero-order chi connectivity index (χ0) is 8.97. The average molecular weight is 185 g/mol. The quantitative estimate of drug-likeness (QED) is 0.729. The van der Waals surface area contributed by atoms with E-state index in [0.29, 0.717) is 10.6 Å². The Kier molecular flexibility index (Phi) is 3.26. The molecule has 0 aromatic heterocycles. The van der Waals surface area contributed by atoms with E-state index in [1.165, 1.54) is 0 Å². The van der Waals surface area contributed by atoms with Crippen molar-refractivity contribution in [3.8, 4) is 0 Å². The number of halogens is 1. The Balaban J connectivity index is 2.87. The van der Waals surface area contributed by atoms with E-state index in [-0.39, 0.29) is 18.8 Å². The van der Waals surface area contributed by atoms with Gasteiger partial charge in [0.2, 0.25) is 0 Å². The van der Waals surface area contributed by atoms with E-state index < -0.39 is 0 Å². The number of Topliss-reactive ketones (excluding diaryl/α,β-unsaturated/α-hetero) is 1. The Hall–Kier alpha value is -0.860. The number of hydrogen-bond acceptors (Lipinski definition) is 2. The molecular weight excluding hydrogens is 176 g/mol. The maximum atomic E-state index is 11.2. The van der Waals surface area contributed by atoms with Gasteiger partial charge in [0.1, 0.15) is 0 Å². The highest BCUT2D eigenvalue weighted by atomic mass is 35.5. The van der Waals surface area contributed by atoms with Crippen molar-refractivity contribution in [1.29, 1.82) is 0 Å². The Morgan fingerprint density at radius 1 is 1.42 bits per heavy atom. The van der Waals surface area contributed by atoms with Crippen LogP contribution in [0.2, 0.25) is 5.02 Å². The molecule has 12 heavy (non-hydrogen) atoms. The predicted molar refractivity (Wildman–Crippen MR) is 47.5 cm³/mol. The minimum atomic E-state index is -0.135. The van der Waals surface area contributed by atoms with E-state index in [1.807, 2.05) is 0 Å². The lowest BCUT2D eigenvalue weighted by Crippen LogP contribution is -2.01. The van der Waals surface area contributed by atoms with Crippen LogP contribution in [0.1, 0.15) is 16.8 Å². The molecule has 2 nitrogen and oxygen atoms in total. The maximum Gasteiger partial charge on any atom is 0.166 e. The summed E-state index contributed by atoms with van der Waals surface area (Å²) in [5.41, 5.74) is 0.480. The van der Waals surface area contributed by atoms with Gasteiger partial charge in [0.25, 0.3) is 0 Å². The standard InChI is InChI=1S/C9H9ClO2/c10-8-4-2-1-3-7(8)9(12)5-6-11/h1-4,11H,5-6H2. The van der Waals surface area contributed by atoms with Crippen LogP contribution in [0.5, 0.6) is 0 Å². The summed E-state index contributed by atoms with van der Waals surface area (Å²) in [4.78, 5) is 11.2. The number of rotatable bonds is 3. The molecule has 0 spiro atoms. The molecule has 0 amide bonds. The SMILES string of the molecule is O=C(CCO)c1ccccc1Cl. The normalized spacial score (nSPS) is 9.83. The van der Waals surface area contributed by atoms with Gasteiger partial charge in [-0.3, -0.25) is 4.79 Å². The van der Waals surface area contributed by atoms with Crippen molar-refractivity contribution in [3.63, 3.8) is 0 Å². The van der Waals surface area contributed by atoms with E-state index >= 15 is 0 Å². The summed E-state index contributed by atoms with van der Waals surface area (Å²) in [6.07, 6.45) is 0.129. The van der Waals surface area contributed by atoms with Crippen molar-refractivity contribution in [1.82, 2.24) is 0 Å². The second-order valence-electron chi connectivity index (χ2n) is 2.38. The summed E-state index contributed by atoms with van der Waals surface area (Å²) in [5.74, 6) is -0.122. The molecule has 0 heterocycles. The van der Waals surface area contributed by atoms with Gasteiger partial charge < -0.3 is 5.11 Å². The fourth-order valence-corrected chi connectivity index (χ4v) is 1.16. The monoisotopic (exact) mass is 184 g/mol. The number of carbonyl (C=O) groups excluding carboxylic acids is 1. The topological polar surface area (TPSA) is 37.3 Å². The zero-order valence-electron chi connectivity index (χ0n) is 6.46. The van der Waals surface area contributed by atoms with Gasteiger partial charge in [0.05, 0.1) is 11.6 Å². The molecule has 0 aliphatic heterocycles. The van der Waals surface area contributed by atoms with Gasteiger partial charge in [0.15, 0.2) is 5.78 Å². The second-order valence-corrected chi connectivity index (χ2v) is 2.78. The summed E-state index contributed by atoms with van der Waals surface area (Å²) in [7, 11) is 0. The van der Waals surface area contributed by atoms with Gasteiger partial charge in [-0.25, -0.2) is 0 Å². The molecule has 1 aromatic carbocycles. The molecule has 1 aromatic rings. The second kappa shape index (κ2) is 4.24. The molecule has 0 aliphatic carbocycles. The molecule has 0 unspecified atom stereocenters. The van der Waals surface area contributed by atoms with Crippen molar-refractivity contribution >= 4 is 17.4 Å². The molecule has 64 valence electrons. The number of aliphatic hydroxyl groups is 1. The van der Waals surface area contributed by atoms with Crippen molar-refractivity contribution in [2.45, 2.75) is 6.42 Å². The van der Waals surface area contributed by atoms with Crippen molar-refractivity contribution in [2.24, 2.45) is 0 Å². The highest BCUT2D eigenvalue weighted by Crippen LogP contribution is 2.16. The highest BCUT2D eigenvalue weighted by Gasteiger charge is 2.07. The first-order chi connectivity index (χ1) is 5.75. The minimum absolute atomic E-state index is 0.122. The average Bonchev–Trinajstić information content (AvgIpc) is 2.05. The van der Waals surface area contributed by atoms with Crippen molar-refractivity contribution in [2.75, 3.05) is 6.61 Å². The first kappa shape index (κ1) is 9.23. The van der Waals surface area contributed by atoms with Crippen LogP contribution < -0.4 is 0 Å². The van der Waals surface area contributed by atoms with Gasteiger partial charge in [-0.05, 0) is 12.1 Å². The summed E-state index contributed by atoms with van der Waals surface area (Å²) < 4.78 is 0. The van der Waals surface area contributed by atoms with Crippen LogP contribution in [0.4, 0.5) is 0 Å². The molecule has 0 aliphatic rings. The summed E-state index contributed by atoms with van der Waals surface area (Å²) in [6.45, 7) is -0.135. The smallest absolute Gasteiger partial charge is 0.166 e. The summed E-state index contributed by atoms with van der Waals surface area (Å²) in [6, 6.07) is 6.82. The molecule has 1 rings (SSSR count). The van der Waals surface area contributed by atoms with E-state index in [2.05, 4.69) is 0 Å². The Morgan fingerprint density at radius 2 is 2.08 bits per heavy atom. The van der Waals surface area contributed by atoms with Crippen LogP contribution in [-0.2, 0) is 0 Å². The van der Waals surface area contributed by atoms with Crippen LogP contribution in [0.15, 0.2) is 24.3 Å². The van der Waals surface area contributed by atoms with Gasteiger partial charge in [0, 0.05) is 12.0 Å². The summed E-state index contributed by atoms with van der Waals surface area (Å²) >= 11 is 5.75. The molecular formula is C9H9ClO2. The molecule has 0 saturated heterocycles. The first-order valence-electron chi connectivity index (χ1n) is 3.64. The summed E-state index contributed by atoms with van der Waals surface area (Å²) in [5, 5.41) is 8.97. The third kappa shape index (κ3) is 2.06. The predicted octanol–water partition coefficient (Wildman–Crippen LogP) is 1.91. The largest absolute Gasteiger partial charge is 0.396 e. The molecule has 0 atom stereocenters. The molecule has 0 saturated carbocycles. The van der Waals surface area contributed by atoms with E-state index in [4.69, 9.17) is 16.7 Å². The Morgan fingerprint density at radius 3 is 2.67 bits per heavy atom. The maximum absolute atomic E-state index is 11.2. The van der Waals surface area contributed by atoms with Gasteiger partial charge >= 0.3 is 0 Å². The van der Waals surface area contributed by atoms with Crippen LogP contribution >= 0.6 is 11.6 Å². The molecule has 0 fully saturated rings. The van der Waals surface area contributed by atoms with Crippen LogP contribution in [0, 0.1) is 0 Å². The molecule has 3 heteroatoms. The first-order valence-corrected chi connectivity index (χ1v) is 4.02. The van der Waals surface area contributed by atoms with Crippen LogP contribution in [0.3, 0.4) is 0 Å². The number of aliphatic hydroxyl groups excluding tert-OH is 1. The minimum Gasteiger partial charge on any atom is -0.396 e. The fourth-order valence-electron chi connectivity index (χ4n) is 0.924. The van der Waals surface area contributed by atoms with Crippen LogP contribution in [-0.4, -0.2) is 17.5 Å². The highest BCUT2D eigenvalue weighted by molar-refractivity contribution is 6.33. The third-order valence-electron chi connectivity index (χ3n) is 1.51. The van der Waals surface area contributed by atoms with E-state index in [0.717, 1.165) is 0 Å². The Labute approximate surface area is 75.8 Å². The van der Waals surface area contributed by atoms with E-state index in [9.17, 15) is 4.79 Å². The van der Waals surface area contributed by atoms with Crippen molar-refractivity contribution in [3.05, 3.63) is 34.9 Å². The number of carbonyl (C=O) groups is 1. The number of ketones is 1. The lowest BCUT2D eigenvalue weighted by Gasteiger charge is -2.00. The van der Waals surface area contributed by atoms with Crippen molar-refractivity contribution < 1.29 is 9.90 Å². The van der Waals surface area contributed by atoms with Gasteiger partial charge in [-0.15, -0.1) is 0 Å². The lowest BCUT2D eigenvalue weighted by atomic mass is 10.1. The molecule has 0 radical (unpaired) electrons. The number of hydrogen-bond donors (Lipinski definition) is 1. The third-order valence-corrected chi connectivity index (χ3v) is 1.84. The Bertz CT molecular complexity index is 284. The zero-order valence-corrected chi connectivity index (χ0v) is 7.21. The lowest BCUT2D eigenvalue weighted by molar-refractivity contribution is 0.0957. The molecule has 0 bridgehead atoms. The van der Waals surface area contributed by atoms with Gasteiger partial charge in [-0.1, -0.05) is 23.7 Å². The molecule has 1 N–H and O–H groups in total. The van der Waals surface area contributed by atoms with Gasteiger partial charge in [-0.2, -0.15) is 0 Å². The van der Waals surface area contributed by atoms with E-state index in [1.54, 1.807) is 24.3 Å². The fraction of sp³-hybridized carbons (Fsp3) is 0.222. The number of benzene rings is 1. The van der Waals surface area contributed by atoms with Crippen LogP contribution in [0.25, 0.3) is 0 Å².